The summed E-state index contributed by atoms with van der Waals surface area (Å²) in [5, 5.41) is 2.96. The Kier molecular flexibility index (Phi) is 4.04. The first kappa shape index (κ1) is 15.6. The first-order valence-corrected chi connectivity index (χ1v) is 9.06. The van der Waals surface area contributed by atoms with E-state index in [1.807, 2.05) is 35.2 Å². The minimum Gasteiger partial charge on any atom is -0.353 e. The van der Waals surface area contributed by atoms with E-state index in [4.69, 9.17) is 0 Å². The molecule has 1 atom stereocenters. The Hall–Kier alpha value is -1.88. The van der Waals surface area contributed by atoms with Gasteiger partial charge in [-0.2, -0.15) is 0 Å². The number of nitrogens with one attached hydrogen (secondary N) is 1. The number of likely N-dealkylation sites (tertiary alicyclic amines) is 1. The van der Waals surface area contributed by atoms with Gasteiger partial charge in [0.25, 0.3) is 0 Å². The molecule has 1 aliphatic carbocycles. The maximum atomic E-state index is 12.9. The van der Waals surface area contributed by atoms with Gasteiger partial charge in [-0.25, -0.2) is 0 Å². The molecular formula is C19H25N3O2. The van der Waals surface area contributed by atoms with Crippen LogP contribution in [0.1, 0.15) is 43.7 Å². The minimum atomic E-state index is -0.298. The highest BCUT2D eigenvalue weighted by molar-refractivity contribution is 5.86. The van der Waals surface area contributed by atoms with E-state index < -0.39 is 0 Å². The summed E-state index contributed by atoms with van der Waals surface area (Å²) in [6.07, 6.45) is 5.44. The number of carbonyl (C=O) groups is 2. The number of hydrogen-bond donors (Lipinski definition) is 1. The maximum absolute atomic E-state index is 12.9. The first-order valence-electron chi connectivity index (χ1n) is 9.06. The number of nitrogens with zero attached hydrogens (tertiary/aromatic N) is 2. The van der Waals surface area contributed by atoms with E-state index in [-0.39, 0.29) is 17.4 Å². The largest absolute Gasteiger partial charge is 0.353 e. The standard InChI is InChI=1S/C19H25N3O2/c23-17-16(15-6-2-1-3-7-15)21(13-11-20-17)14-22-12-10-19(18(22)24)8-4-5-9-19/h1-3,6-7,16H,4-5,8-14H2,(H,20,23). The molecule has 1 aromatic rings. The van der Waals surface area contributed by atoms with Crippen molar-refractivity contribution >= 4 is 11.8 Å². The minimum absolute atomic E-state index is 0.0367. The van der Waals surface area contributed by atoms with E-state index in [2.05, 4.69) is 10.2 Å². The van der Waals surface area contributed by atoms with E-state index >= 15 is 0 Å². The highest BCUT2D eigenvalue weighted by Crippen LogP contribution is 2.46. The average Bonchev–Trinajstić information content (AvgIpc) is 3.19. The summed E-state index contributed by atoms with van der Waals surface area (Å²) in [4.78, 5) is 29.5. The molecule has 0 bridgehead atoms. The van der Waals surface area contributed by atoms with E-state index in [1.165, 1.54) is 12.8 Å². The van der Waals surface area contributed by atoms with Crippen LogP contribution < -0.4 is 5.32 Å². The fourth-order valence-corrected chi connectivity index (χ4v) is 4.63. The molecule has 1 saturated carbocycles. The van der Waals surface area contributed by atoms with Crippen molar-refractivity contribution in [2.45, 2.75) is 38.1 Å². The van der Waals surface area contributed by atoms with E-state index in [1.54, 1.807) is 0 Å². The van der Waals surface area contributed by atoms with Crippen LogP contribution in [0.2, 0.25) is 0 Å². The number of amides is 2. The number of benzene rings is 1. The average molecular weight is 327 g/mol. The van der Waals surface area contributed by atoms with Crippen molar-refractivity contribution in [3.63, 3.8) is 0 Å². The van der Waals surface area contributed by atoms with Gasteiger partial charge in [0.05, 0.1) is 12.1 Å². The molecule has 5 heteroatoms. The third-order valence-corrected chi connectivity index (χ3v) is 5.94. The SMILES string of the molecule is O=C1NCCN(CN2CCC3(CCCC3)C2=O)C1c1ccccc1. The van der Waals surface area contributed by atoms with Gasteiger partial charge in [0.15, 0.2) is 0 Å². The number of piperazine rings is 1. The van der Waals surface area contributed by atoms with Crippen LogP contribution in [-0.2, 0) is 9.59 Å². The second-order valence-electron chi connectivity index (χ2n) is 7.36. The van der Waals surface area contributed by atoms with Crippen LogP contribution in [0, 0.1) is 5.41 Å². The molecule has 4 rings (SSSR count). The molecule has 2 amide bonds. The number of carbonyl (C=O) groups excluding carboxylic acids is 2. The summed E-state index contributed by atoms with van der Waals surface area (Å²) < 4.78 is 0. The van der Waals surface area contributed by atoms with Gasteiger partial charge in [0.2, 0.25) is 11.8 Å². The molecule has 0 radical (unpaired) electrons. The first-order chi connectivity index (χ1) is 11.7. The quantitative estimate of drug-likeness (QED) is 0.923. The summed E-state index contributed by atoms with van der Waals surface area (Å²) in [7, 11) is 0. The van der Waals surface area contributed by atoms with Crippen LogP contribution in [-0.4, -0.2) is 47.9 Å². The molecule has 128 valence electrons. The van der Waals surface area contributed by atoms with Crippen molar-refractivity contribution in [1.82, 2.24) is 15.1 Å². The summed E-state index contributed by atoms with van der Waals surface area (Å²) in [5.74, 6) is 0.354. The lowest BCUT2D eigenvalue weighted by Gasteiger charge is -2.38. The molecule has 5 nitrogen and oxygen atoms in total. The van der Waals surface area contributed by atoms with Crippen molar-refractivity contribution in [1.29, 1.82) is 0 Å². The van der Waals surface area contributed by atoms with Gasteiger partial charge in [-0.3, -0.25) is 14.5 Å². The molecular weight excluding hydrogens is 302 g/mol. The second kappa shape index (κ2) is 6.20. The van der Waals surface area contributed by atoms with Crippen molar-refractivity contribution in [2.75, 3.05) is 26.3 Å². The maximum Gasteiger partial charge on any atom is 0.242 e. The lowest BCUT2D eigenvalue weighted by atomic mass is 9.85. The lowest BCUT2D eigenvalue weighted by Crippen LogP contribution is -2.53. The van der Waals surface area contributed by atoms with Crippen molar-refractivity contribution in [3.8, 4) is 0 Å². The summed E-state index contributed by atoms with van der Waals surface area (Å²) in [5.41, 5.74) is 0.914. The smallest absolute Gasteiger partial charge is 0.242 e. The van der Waals surface area contributed by atoms with Crippen molar-refractivity contribution in [2.24, 2.45) is 5.41 Å². The Morgan fingerprint density at radius 2 is 1.79 bits per heavy atom. The zero-order valence-electron chi connectivity index (χ0n) is 14.0. The molecule has 2 aliphatic heterocycles. The Labute approximate surface area is 143 Å². The Morgan fingerprint density at radius 1 is 1.04 bits per heavy atom. The summed E-state index contributed by atoms with van der Waals surface area (Å²) in [6.45, 7) is 2.82. The molecule has 0 aromatic heterocycles. The molecule has 1 N–H and O–H groups in total. The zero-order valence-corrected chi connectivity index (χ0v) is 14.0. The second-order valence-corrected chi connectivity index (χ2v) is 7.36. The van der Waals surface area contributed by atoms with E-state index in [9.17, 15) is 9.59 Å². The van der Waals surface area contributed by atoms with Gasteiger partial charge in [0, 0.05) is 19.6 Å². The molecule has 2 saturated heterocycles. The predicted octanol–water partition coefficient (Wildman–Crippen LogP) is 1.91. The van der Waals surface area contributed by atoms with Crippen molar-refractivity contribution < 1.29 is 9.59 Å². The van der Waals surface area contributed by atoms with Gasteiger partial charge in [-0.1, -0.05) is 43.2 Å². The van der Waals surface area contributed by atoms with Crippen LogP contribution in [0.5, 0.6) is 0 Å². The van der Waals surface area contributed by atoms with Crippen LogP contribution in [0.3, 0.4) is 0 Å². The lowest BCUT2D eigenvalue weighted by molar-refractivity contribution is -0.141. The Bertz CT molecular complexity index is 625. The predicted molar refractivity (Wildman–Crippen MR) is 91.0 cm³/mol. The molecule has 24 heavy (non-hydrogen) atoms. The molecule has 3 aliphatic rings. The Morgan fingerprint density at radius 3 is 2.54 bits per heavy atom. The monoisotopic (exact) mass is 327 g/mol. The van der Waals surface area contributed by atoms with Crippen molar-refractivity contribution in [3.05, 3.63) is 35.9 Å². The van der Waals surface area contributed by atoms with Gasteiger partial charge >= 0.3 is 0 Å². The van der Waals surface area contributed by atoms with Crippen LogP contribution >= 0.6 is 0 Å². The van der Waals surface area contributed by atoms with E-state index in [0.717, 1.165) is 37.9 Å². The topological polar surface area (TPSA) is 52.7 Å². The molecule has 2 heterocycles. The van der Waals surface area contributed by atoms with Gasteiger partial charge in [-0.15, -0.1) is 0 Å². The molecule has 3 fully saturated rings. The summed E-state index contributed by atoms with van der Waals surface area (Å²) in [6, 6.07) is 9.57. The third kappa shape index (κ3) is 2.61. The summed E-state index contributed by atoms with van der Waals surface area (Å²) >= 11 is 0. The van der Waals surface area contributed by atoms with E-state index in [0.29, 0.717) is 19.1 Å². The highest BCUT2D eigenvalue weighted by atomic mass is 16.2. The van der Waals surface area contributed by atoms with Gasteiger partial charge < -0.3 is 10.2 Å². The van der Waals surface area contributed by atoms with Crippen LogP contribution in [0.4, 0.5) is 0 Å². The molecule has 1 unspecified atom stereocenters. The van der Waals surface area contributed by atoms with Gasteiger partial charge in [0.1, 0.15) is 6.04 Å². The fourth-order valence-electron chi connectivity index (χ4n) is 4.63. The number of hydrogen-bond acceptors (Lipinski definition) is 3. The van der Waals surface area contributed by atoms with Crippen LogP contribution in [0.15, 0.2) is 30.3 Å². The Balaban J connectivity index is 1.52. The third-order valence-electron chi connectivity index (χ3n) is 5.94. The van der Waals surface area contributed by atoms with Crippen LogP contribution in [0.25, 0.3) is 0 Å². The number of rotatable bonds is 3. The normalized spacial score (nSPS) is 27.0. The molecule has 1 aromatic carbocycles. The zero-order chi connectivity index (χ0) is 16.6. The molecule has 1 spiro atoms. The highest BCUT2D eigenvalue weighted by Gasteiger charge is 2.48. The van der Waals surface area contributed by atoms with Gasteiger partial charge in [-0.05, 0) is 24.8 Å². The fraction of sp³-hybridized carbons (Fsp3) is 0.579.